The van der Waals surface area contributed by atoms with E-state index in [0.717, 1.165) is 12.5 Å². The van der Waals surface area contributed by atoms with Crippen LogP contribution in [0.4, 0.5) is 0 Å². The van der Waals surface area contributed by atoms with E-state index in [1.165, 1.54) is 12.0 Å². The van der Waals surface area contributed by atoms with Crippen molar-refractivity contribution in [2.75, 3.05) is 52.1 Å². The van der Waals surface area contributed by atoms with Crippen molar-refractivity contribution in [1.29, 1.82) is 0 Å². The van der Waals surface area contributed by atoms with Gasteiger partial charge in [-0.05, 0) is 37.7 Å². The van der Waals surface area contributed by atoms with E-state index in [1.807, 2.05) is 13.8 Å². The summed E-state index contributed by atoms with van der Waals surface area (Å²) >= 11 is 0. The zero-order chi connectivity index (χ0) is 20.9. The van der Waals surface area contributed by atoms with Crippen molar-refractivity contribution in [3.05, 3.63) is 35.9 Å². The minimum atomic E-state index is -3.27. The summed E-state index contributed by atoms with van der Waals surface area (Å²) in [6.45, 7) is 7.24. The van der Waals surface area contributed by atoms with Gasteiger partial charge in [-0.3, -0.25) is 4.99 Å². The number of nitrogens with zero attached hydrogens (tertiary/aromatic N) is 3. The standard InChI is InChI=1S/C21H34N4O3S/c1-17(2)28-13-14-29(26,27)25-11-9-24(10-12-25)21(22-3)23-16-19-15-20(19)18-7-5-4-6-8-18/h4-8,17,19-20H,9-16H2,1-3H3,(H,22,23). The van der Waals surface area contributed by atoms with Crippen molar-refractivity contribution in [3.8, 4) is 0 Å². The first-order valence-corrected chi connectivity index (χ1v) is 12.1. The number of hydrogen-bond acceptors (Lipinski definition) is 4. The lowest BCUT2D eigenvalue weighted by molar-refractivity contribution is 0.0904. The average Bonchev–Trinajstić information content (AvgIpc) is 3.49. The van der Waals surface area contributed by atoms with E-state index in [4.69, 9.17) is 4.74 Å². The van der Waals surface area contributed by atoms with Gasteiger partial charge in [0.1, 0.15) is 0 Å². The van der Waals surface area contributed by atoms with Gasteiger partial charge in [-0.15, -0.1) is 0 Å². The Balaban J connectivity index is 1.42. The number of ether oxygens (including phenoxy) is 1. The molecule has 2 atom stereocenters. The van der Waals surface area contributed by atoms with Crippen LogP contribution in [-0.2, 0) is 14.8 Å². The molecule has 1 aromatic carbocycles. The molecule has 0 amide bonds. The van der Waals surface area contributed by atoms with E-state index < -0.39 is 10.0 Å². The van der Waals surface area contributed by atoms with Gasteiger partial charge in [0.05, 0.1) is 18.5 Å². The highest BCUT2D eigenvalue weighted by Gasteiger charge is 2.38. The van der Waals surface area contributed by atoms with Crippen LogP contribution >= 0.6 is 0 Å². The fraction of sp³-hybridized carbons (Fsp3) is 0.667. The maximum absolute atomic E-state index is 12.5. The lowest BCUT2D eigenvalue weighted by atomic mass is 10.1. The Labute approximate surface area is 175 Å². The molecule has 0 spiro atoms. The minimum absolute atomic E-state index is 0.0424. The van der Waals surface area contributed by atoms with Gasteiger partial charge in [0, 0.05) is 39.8 Å². The molecule has 3 rings (SSSR count). The topological polar surface area (TPSA) is 74.2 Å². The fourth-order valence-electron chi connectivity index (χ4n) is 3.83. The summed E-state index contributed by atoms with van der Waals surface area (Å²) < 4.78 is 32.0. The second kappa shape index (κ2) is 9.91. The summed E-state index contributed by atoms with van der Waals surface area (Å²) in [7, 11) is -1.48. The van der Waals surface area contributed by atoms with Gasteiger partial charge in [-0.25, -0.2) is 8.42 Å². The Bertz CT molecular complexity index is 774. The SMILES string of the molecule is CN=C(NCC1CC1c1ccccc1)N1CCN(S(=O)(=O)CCOC(C)C)CC1. The molecule has 1 N–H and O–H groups in total. The first-order chi connectivity index (χ1) is 13.9. The number of benzene rings is 1. The van der Waals surface area contributed by atoms with Gasteiger partial charge in [-0.1, -0.05) is 30.3 Å². The maximum Gasteiger partial charge on any atom is 0.216 e. The van der Waals surface area contributed by atoms with Gasteiger partial charge in [-0.2, -0.15) is 4.31 Å². The number of nitrogens with one attached hydrogen (secondary N) is 1. The molecule has 0 radical (unpaired) electrons. The molecule has 1 aliphatic carbocycles. The molecular formula is C21H34N4O3S. The molecule has 8 heteroatoms. The number of hydrogen-bond donors (Lipinski definition) is 1. The maximum atomic E-state index is 12.5. The number of guanidine groups is 1. The van der Waals surface area contributed by atoms with Crippen LogP contribution in [0.5, 0.6) is 0 Å². The molecule has 29 heavy (non-hydrogen) atoms. The normalized spacial score (nSPS) is 23.4. The Morgan fingerprint density at radius 3 is 2.52 bits per heavy atom. The van der Waals surface area contributed by atoms with Gasteiger partial charge in [0.15, 0.2) is 5.96 Å². The van der Waals surface area contributed by atoms with Gasteiger partial charge >= 0.3 is 0 Å². The molecule has 2 unspecified atom stereocenters. The molecule has 1 saturated carbocycles. The first kappa shape index (κ1) is 22.1. The molecule has 0 aromatic heterocycles. The number of sulfonamides is 1. The molecule has 0 bridgehead atoms. The highest BCUT2D eigenvalue weighted by Crippen LogP contribution is 2.46. The van der Waals surface area contributed by atoms with Crippen LogP contribution in [-0.4, -0.2) is 81.8 Å². The van der Waals surface area contributed by atoms with Crippen molar-refractivity contribution < 1.29 is 13.2 Å². The predicted octanol–water partition coefficient (Wildman–Crippen LogP) is 1.74. The average molecular weight is 423 g/mol. The first-order valence-electron chi connectivity index (χ1n) is 10.5. The zero-order valence-corrected chi connectivity index (χ0v) is 18.6. The summed E-state index contributed by atoms with van der Waals surface area (Å²) in [6, 6.07) is 10.6. The third kappa shape index (κ3) is 6.17. The minimum Gasteiger partial charge on any atom is -0.378 e. The van der Waals surface area contributed by atoms with Gasteiger partial charge < -0.3 is 15.0 Å². The molecule has 2 aliphatic rings. The molecule has 162 valence electrons. The summed E-state index contributed by atoms with van der Waals surface area (Å²) in [5.41, 5.74) is 1.41. The highest BCUT2D eigenvalue weighted by molar-refractivity contribution is 7.89. The third-order valence-electron chi connectivity index (χ3n) is 5.61. The lowest BCUT2D eigenvalue weighted by Crippen LogP contribution is -2.54. The smallest absolute Gasteiger partial charge is 0.216 e. The predicted molar refractivity (Wildman–Crippen MR) is 117 cm³/mol. The van der Waals surface area contributed by atoms with Crippen LogP contribution < -0.4 is 5.32 Å². The lowest BCUT2D eigenvalue weighted by Gasteiger charge is -2.35. The fourth-order valence-corrected chi connectivity index (χ4v) is 5.12. The van der Waals surface area contributed by atoms with Crippen molar-refractivity contribution in [3.63, 3.8) is 0 Å². The quantitative estimate of drug-likeness (QED) is 0.510. The molecule has 1 aliphatic heterocycles. The van der Waals surface area contributed by atoms with Crippen molar-refractivity contribution in [2.24, 2.45) is 10.9 Å². The Kier molecular flexibility index (Phi) is 7.54. The largest absolute Gasteiger partial charge is 0.378 e. The van der Waals surface area contributed by atoms with Crippen molar-refractivity contribution >= 4 is 16.0 Å². The third-order valence-corrected chi connectivity index (χ3v) is 7.44. The van der Waals surface area contributed by atoms with E-state index in [1.54, 1.807) is 11.4 Å². The van der Waals surface area contributed by atoms with E-state index in [-0.39, 0.29) is 18.5 Å². The molecule has 1 heterocycles. The van der Waals surface area contributed by atoms with Crippen LogP contribution in [0.1, 0.15) is 31.7 Å². The summed E-state index contributed by atoms with van der Waals surface area (Å²) in [6.07, 6.45) is 1.25. The molecule has 7 nitrogen and oxygen atoms in total. The van der Waals surface area contributed by atoms with E-state index in [2.05, 4.69) is 45.5 Å². The summed E-state index contributed by atoms with van der Waals surface area (Å²) in [5.74, 6) is 2.18. The Hall–Kier alpha value is -1.64. The molecular weight excluding hydrogens is 388 g/mol. The molecule has 1 saturated heterocycles. The summed E-state index contributed by atoms with van der Waals surface area (Å²) in [4.78, 5) is 6.56. The van der Waals surface area contributed by atoms with Crippen LogP contribution in [0.2, 0.25) is 0 Å². The van der Waals surface area contributed by atoms with Gasteiger partial charge in [0.2, 0.25) is 10.0 Å². The zero-order valence-electron chi connectivity index (χ0n) is 17.8. The Morgan fingerprint density at radius 2 is 1.90 bits per heavy atom. The van der Waals surface area contributed by atoms with E-state index in [9.17, 15) is 8.42 Å². The number of rotatable bonds is 8. The van der Waals surface area contributed by atoms with Crippen molar-refractivity contribution in [2.45, 2.75) is 32.3 Å². The van der Waals surface area contributed by atoms with Crippen LogP contribution in [0.25, 0.3) is 0 Å². The number of aliphatic imine (C=N–C) groups is 1. The van der Waals surface area contributed by atoms with E-state index in [0.29, 0.717) is 38.0 Å². The second-order valence-corrected chi connectivity index (χ2v) is 10.2. The van der Waals surface area contributed by atoms with Crippen LogP contribution in [0.15, 0.2) is 35.3 Å². The van der Waals surface area contributed by atoms with Crippen LogP contribution in [0, 0.1) is 5.92 Å². The Morgan fingerprint density at radius 1 is 1.21 bits per heavy atom. The van der Waals surface area contributed by atoms with Crippen LogP contribution in [0.3, 0.4) is 0 Å². The molecule has 2 fully saturated rings. The molecule has 1 aromatic rings. The second-order valence-electron chi connectivity index (χ2n) is 8.06. The van der Waals surface area contributed by atoms with Crippen molar-refractivity contribution in [1.82, 2.24) is 14.5 Å². The van der Waals surface area contributed by atoms with E-state index >= 15 is 0 Å². The van der Waals surface area contributed by atoms with Gasteiger partial charge in [0.25, 0.3) is 0 Å². The monoisotopic (exact) mass is 422 g/mol. The number of piperazine rings is 1. The summed E-state index contributed by atoms with van der Waals surface area (Å²) in [5, 5.41) is 3.49. The highest BCUT2D eigenvalue weighted by atomic mass is 32.2.